The summed E-state index contributed by atoms with van der Waals surface area (Å²) < 4.78 is 9.24. The van der Waals surface area contributed by atoms with E-state index in [4.69, 9.17) is 22.1 Å². The van der Waals surface area contributed by atoms with Gasteiger partial charge in [0.1, 0.15) is 0 Å². The van der Waals surface area contributed by atoms with Crippen LogP contribution < -0.4 is 0 Å². The first-order valence-corrected chi connectivity index (χ1v) is 8.08. The number of rotatable bonds is 8. The second-order valence-electron chi connectivity index (χ2n) is 5.78. The SMILES string of the molecule is O=C(O)CN(CCN1CC(=O)OC(=O)C1)CCN1CC(=O)OC(=S)C1. The van der Waals surface area contributed by atoms with Gasteiger partial charge in [0.15, 0.2) is 5.05 Å². The predicted octanol–water partition coefficient (Wildman–Crippen LogP) is -2.06. The van der Waals surface area contributed by atoms with Crippen molar-refractivity contribution < 1.29 is 33.8 Å². The average molecular weight is 373 g/mol. The molecule has 2 aliphatic heterocycles. The lowest BCUT2D eigenvalue weighted by atomic mass is 10.3. The van der Waals surface area contributed by atoms with Gasteiger partial charge in [-0.25, -0.2) is 0 Å². The standard InChI is InChI=1S/C14H19N3O7S/c18-10(19)5-15(1-3-16-6-11(20)23-12(21)7-16)2-4-17-8-13(22)24-14(25)9-17/h1-9H2,(H,18,19). The number of hydrogen-bond acceptors (Lipinski definition) is 10. The molecule has 2 rings (SSSR count). The van der Waals surface area contributed by atoms with Gasteiger partial charge in [-0.3, -0.25) is 33.9 Å². The number of carbonyl (C=O) groups is 4. The number of nitrogens with zero attached hydrogens (tertiary/aromatic N) is 3. The van der Waals surface area contributed by atoms with Crippen LogP contribution in [0.2, 0.25) is 0 Å². The van der Waals surface area contributed by atoms with Gasteiger partial charge >= 0.3 is 23.9 Å². The minimum absolute atomic E-state index is 0.00110. The number of cyclic esters (lactones) is 3. The maximum absolute atomic E-state index is 11.4. The second-order valence-corrected chi connectivity index (χ2v) is 6.24. The molecule has 2 heterocycles. The van der Waals surface area contributed by atoms with Crippen molar-refractivity contribution in [2.45, 2.75) is 0 Å². The van der Waals surface area contributed by atoms with Crippen molar-refractivity contribution in [1.82, 2.24) is 14.7 Å². The summed E-state index contributed by atoms with van der Waals surface area (Å²) in [6.07, 6.45) is 0. The van der Waals surface area contributed by atoms with Crippen molar-refractivity contribution in [1.29, 1.82) is 0 Å². The Bertz CT molecular complexity index is 509. The monoisotopic (exact) mass is 373 g/mol. The lowest BCUT2D eigenvalue weighted by Crippen LogP contribution is -2.49. The van der Waals surface area contributed by atoms with E-state index in [1.54, 1.807) is 14.7 Å². The summed E-state index contributed by atoms with van der Waals surface area (Å²) in [7, 11) is 0. The van der Waals surface area contributed by atoms with Crippen LogP contribution in [-0.4, -0.2) is 108 Å². The van der Waals surface area contributed by atoms with Crippen LogP contribution in [0.25, 0.3) is 0 Å². The zero-order valence-corrected chi connectivity index (χ0v) is 14.3. The van der Waals surface area contributed by atoms with Crippen LogP contribution in [0.4, 0.5) is 0 Å². The van der Waals surface area contributed by atoms with Crippen LogP contribution in [0, 0.1) is 0 Å². The quantitative estimate of drug-likeness (QED) is 0.288. The van der Waals surface area contributed by atoms with Gasteiger partial charge in [0.2, 0.25) is 0 Å². The van der Waals surface area contributed by atoms with E-state index in [2.05, 4.69) is 4.74 Å². The topological polar surface area (TPSA) is 117 Å². The van der Waals surface area contributed by atoms with Crippen LogP contribution >= 0.6 is 12.2 Å². The summed E-state index contributed by atoms with van der Waals surface area (Å²) >= 11 is 4.89. The van der Waals surface area contributed by atoms with Crippen LogP contribution in [0.5, 0.6) is 0 Å². The van der Waals surface area contributed by atoms with Crippen molar-refractivity contribution >= 4 is 41.1 Å². The predicted molar refractivity (Wildman–Crippen MR) is 86.7 cm³/mol. The highest BCUT2D eigenvalue weighted by Crippen LogP contribution is 2.04. The number of carboxylic acids is 1. The Balaban J connectivity index is 1.82. The molecule has 0 spiro atoms. The van der Waals surface area contributed by atoms with E-state index in [1.165, 1.54) is 0 Å². The molecule has 0 amide bonds. The van der Waals surface area contributed by atoms with Crippen molar-refractivity contribution in [3.05, 3.63) is 0 Å². The minimum atomic E-state index is -0.984. The third kappa shape index (κ3) is 6.82. The molecular weight excluding hydrogens is 354 g/mol. The largest absolute Gasteiger partial charge is 0.480 e. The molecule has 1 N–H and O–H groups in total. The van der Waals surface area contributed by atoms with Gasteiger partial charge in [-0.15, -0.1) is 0 Å². The van der Waals surface area contributed by atoms with Crippen molar-refractivity contribution in [3.8, 4) is 0 Å². The molecule has 25 heavy (non-hydrogen) atoms. The van der Waals surface area contributed by atoms with E-state index in [0.29, 0.717) is 32.7 Å². The number of carboxylic acid groups (broad SMARTS) is 1. The van der Waals surface area contributed by atoms with Gasteiger partial charge in [0.25, 0.3) is 0 Å². The molecule has 2 aliphatic rings. The Labute approximate surface area is 149 Å². The highest BCUT2D eigenvalue weighted by molar-refractivity contribution is 7.80. The summed E-state index contributed by atoms with van der Waals surface area (Å²) in [6.45, 7) is 1.82. The number of carbonyl (C=O) groups excluding carboxylic acids is 3. The molecule has 0 bridgehead atoms. The Hall–Kier alpha value is -1.95. The van der Waals surface area contributed by atoms with Crippen molar-refractivity contribution in [2.75, 3.05) is 58.9 Å². The number of ether oxygens (including phenoxy) is 2. The smallest absolute Gasteiger partial charge is 0.327 e. The summed E-state index contributed by atoms with van der Waals surface area (Å²) in [5.74, 6) is -2.63. The zero-order chi connectivity index (χ0) is 18.4. The fourth-order valence-corrected chi connectivity index (χ4v) is 2.84. The lowest BCUT2D eigenvalue weighted by Gasteiger charge is -2.30. The van der Waals surface area contributed by atoms with Gasteiger partial charge in [0, 0.05) is 26.2 Å². The molecule has 0 aliphatic carbocycles. The number of hydrogen-bond donors (Lipinski definition) is 1. The molecule has 0 aromatic carbocycles. The van der Waals surface area contributed by atoms with E-state index in [9.17, 15) is 19.2 Å². The number of morpholine rings is 2. The van der Waals surface area contributed by atoms with Gasteiger partial charge in [-0.1, -0.05) is 0 Å². The number of aliphatic carboxylic acids is 1. The van der Waals surface area contributed by atoms with E-state index >= 15 is 0 Å². The van der Waals surface area contributed by atoms with Crippen molar-refractivity contribution in [3.63, 3.8) is 0 Å². The molecule has 0 atom stereocenters. The molecule has 138 valence electrons. The van der Waals surface area contributed by atoms with E-state index in [0.717, 1.165) is 0 Å². The van der Waals surface area contributed by atoms with E-state index in [-0.39, 0.29) is 31.2 Å². The van der Waals surface area contributed by atoms with Gasteiger partial charge < -0.3 is 14.6 Å². The lowest BCUT2D eigenvalue weighted by molar-refractivity contribution is -0.167. The Kier molecular flexibility index (Phi) is 6.93. The molecule has 0 aromatic rings. The van der Waals surface area contributed by atoms with Gasteiger partial charge in [0.05, 0.1) is 32.7 Å². The first-order chi connectivity index (χ1) is 11.8. The maximum Gasteiger partial charge on any atom is 0.327 e. The molecular formula is C14H19N3O7S. The molecule has 0 unspecified atom stereocenters. The number of esters is 3. The highest BCUT2D eigenvalue weighted by Gasteiger charge is 2.26. The normalized spacial score (nSPS) is 19.9. The summed E-state index contributed by atoms with van der Waals surface area (Å²) in [5, 5.41) is 9.23. The zero-order valence-electron chi connectivity index (χ0n) is 13.5. The third-order valence-corrected chi connectivity index (χ3v) is 3.90. The minimum Gasteiger partial charge on any atom is -0.480 e. The van der Waals surface area contributed by atoms with E-state index in [1.807, 2.05) is 0 Å². The third-order valence-electron chi connectivity index (χ3n) is 3.69. The van der Waals surface area contributed by atoms with E-state index < -0.39 is 23.9 Å². The van der Waals surface area contributed by atoms with Crippen LogP contribution in [-0.2, 0) is 28.7 Å². The maximum atomic E-state index is 11.4. The molecule has 2 fully saturated rings. The van der Waals surface area contributed by atoms with Crippen LogP contribution in [0.1, 0.15) is 0 Å². The molecule has 0 aromatic heterocycles. The van der Waals surface area contributed by atoms with Crippen LogP contribution in [0.15, 0.2) is 0 Å². The Morgan fingerprint density at radius 1 is 0.960 bits per heavy atom. The fourth-order valence-electron chi connectivity index (χ4n) is 2.57. The first kappa shape index (κ1) is 19.4. The summed E-state index contributed by atoms with van der Waals surface area (Å²) in [6, 6.07) is 0. The molecule has 0 radical (unpaired) electrons. The molecule has 10 nitrogen and oxygen atoms in total. The molecule has 2 saturated heterocycles. The second kappa shape index (κ2) is 8.94. The Morgan fingerprint density at radius 3 is 1.92 bits per heavy atom. The Morgan fingerprint density at radius 2 is 1.44 bits per heavy atom. The fraction of sp³-hybridized carbons (Fsp3) is 0.643. The molecule has 0 saturated carbocycles. The summed E-state index contributed by atoms with van der Waals surface area (Å²) in [4.78, 5) is 49.9. The average Bonchev–Trinajstić information content (AvgIpc) is 2.47. The first-order valence-electron chi connectivity index (χ1n) is 7.67. The van der Waals surface area contributed by atoms with Crippen molar-refractivity contribution in [2.24, 2.45) is 0 Å². The van der Waals surface area contributed by atoms with Gasteiger partial charge in [-0.2, -0.15) is 0 Å². The summed E-state index contributed by atoms with van der Waals surface area (Å²) in [5.41, 5.74) is 0. The highest BCUT2D eigenvalue weighted by atomic mass is 32.1. The van der Waals surface area contributed by atoms with Gasteiger partial charge in [-0.05, 0) is 12.2 Å². The number of thiocarbonyl (C=S) groups is 1. The van der Waals surface area contributed by atoms with Crippen LogP contribution in [0.3, 0.4) is 0 Å². The molecule has 11 heteroatoms.